The van der Waals surface area contributed by atoms with E-state index in [9.17, 15) is 29.4 Å². The molecule has 0 fully saturated rings. The van der Waals surface area contributed by atoms with Gasteiger partial charge in [0, 0.05) is 40.9 Å². The number of carbonyl (C=O) groups excluding carboxylic acids is 3. The lowest BCUT2D eigenvalue weighted by molar-refractivity contribution is -0.138. The average Bonchev–Trinajstić information content (AvgIpc) is 2.60. The van der Waals surface area contributed by atoms with Crippen LogP contribution in [0.4, 0.5) is 4.79 Å². The third kappa shape index (κ3) is 5.76. The van der Waals surface area contributed by atoms with E-state index in [-0.39, 0.29) is 37.5 Å². The van der Waals surface area contributed by atoms with Crippen LogP contribution < -0.4 is 5.32 Å². The third-order valence-electron chi connectivity index (χ3n) is 5.32. The van der Waals surface area contributed by atoms with Gasteiger partial charge in [-0.3, -0.25) is 14.4 Å². The van der Waals surface area contributed by atoms with Crippen LogP contribution in [0.5, 0.6) is 0 Å². The lowest BCUT2D eigenvalue weighted by atomic mass is 9.82. The van der Waals surface area contributed by atoms with Crippen molar-refractivity contribution in [1.29, 1.82) is 0 Å². The molecule has 0 radical (unpaired) electrons. The van der Waals surface area contributed by atoms with Crippen LogP contribution in [0, 0.1) is 0 Å². The van der Waals surface area contributed by atoms with Gasteiger partial charge in [-0.1, -0.05) is 0 Å². The smallest absolute Gasteiger partial charge is 0.407 e. The molecule has 0 heterocycles. The van der Waals surface area contributed by atoms with Crippen molar-refractivity contribution in [1.82, 2.24) is 10.2 Å². The Morgan fingerprint density at radius 1 is 0.966 bits per heavy atom. The minimum atomic E-state index is -1.77. The zero-order chi connectivity index (χ0) is 22.7. The van der Waals surface area contributed by atoms with Gasteiger partial charge in [-0.05, 0) is 61.3 Å². The number of allylic oxidation sites excluding steroid dienone is 4. The second-order valence-electron chi connectivity index (χ2n) is 8.65. The minimum Gasteiger partial charge on any atom is -0.465 e. The fraction of sp³-hybridized carbons (Fsp3) is 0.619. The first-order chi connectivity index (χ1) is 13.1. The Kier molecular flexibility index (Phi) is 7.54. The SMILES string of the molecule is CC1=C(C)C(=O)C(CCC(C)(O)C(=O)NCCN(C(=O)O)C(C)(C)C)=C(C)C1=O. The summed E-state index contributed by atoms with van der Waals surface area (Å²) in [5, 5.41) is 22.3. The van der Waals surface area contributed by atoms with E-state index in [1.54, 1.807) is 41.5 Å². The summed E-state index contributed by atoms with van der Waals surface area (Å²) in [6.07, 6.45) is -1.05. The van der Waals surface area contributed by atoms with E-state index in [0.717, 1.165) is 0 Å². The highest BCUT2D eigenvalue weighted by atomic mass is 16.4. The molecule has 0 saturated carbocycles. The predicted octanol–water partition coefficient (Wildman–Crippen LogP) is 2.22. The van der Waals surface area contributed by atoms with Crippen molar-refractivity contribution in [3.63, 3.8) is 0 Å². The van der Waals surface area contributed by atoms with Gasteiger partial charge in [-0.15, -0.1) is 0 Å². The first-order valence-electron chi connectivity index (χ1n) is 9.59. The van der Waals surface area contributed by atoms with Crippen LogP contribution in [0.25, 0.3) is 0 Å². The lowest BCUT2D eigenvalue weighted by Gasteiger charge is -2.33. The first-order valence-corrected chi connectivity index (χ1v) is 9.59. The van der Waals surface area contributed by atoms with E-state index in [4.69, 9.17) is 0 Å². The molecule has 3 N–H and O–H groups in total. The normalized spacial score (nSPS) is 17.4. The molecule has 1 aliphatic carbocycles. The Hall–Kier alpha value is -2.48. The van der Waals surface area contributed by atoms with Crippen LogP contribution in [0.15, 0.2) is 22.3 Å². The summed E-state index contributed by atoms with van der Waals surface area (Å²) in [5.74, 6) is -1.09. The van der Waals surface area contributed by atoms with Crippen molar-refractivity contribution in [3.05, 3.63) is 22.3 Å². The van der Waals surface area contributed by atoms with Crippen LogP contribution in [-0.4, -0.2) is 62.9 Å². The van der Waals surface area contributed by atoms with Crippen LogP contribution in [0.1, 0.15) is 61.3 Å². The summed E-state index contributed by atoms with van der Waals surface area (Å²) in [6, 6.07) is 0. The molecule has 162 valence electrons. The zero-order valence-electron chi connectivity index (χ0n) is 18.3. The molecular weight excluding hydrogens is 376 g/mol. The lowest BCUT2D eigenvalue weighted by Crippen LogP contribution is -2.51. The topological polar surface area (TPSA) is 124 Å². The number of nitrogens with zero attached hydrogens (tertiary/aromatic N) is 1. The molecule has 1 atom stereocenters. The van der Waals surface area contributed by atoms with E-state index < -0.39 is 23.1 Å². The number of hydrogen-bond donors (Lipinski definition) is 3. The van der Waals surface area contributed by atoms with Crippen molar-refractivity contribution in [3.8, 4) is 0 Å². The van der Waals surface area contributed by atoms with E-state index in [1.165, 1.54) is 11.8 Å². The number of carboxylic acid groups (broad SMARTS) is 1. The van der Waals surface area contributed by atoms with Crippen molar-refractivity contribution < 1.29 is 29.4 Å². The van der Waals surface area contributed by atoms with Crippen molar-refractivity contribution in [2.75, 3.05) is 13.1 Å². The van der Waals surface area contributed by atoms with Crippen LogP contribution in [0.3, 0.4) is 0 Å². The molecule has 0 aliphatic heterocycles. The van der Waals surface area contributed by atoms with Gasteiger partial charge in [0.15, 0.2) is 11.6 Å². The molecule has 0 aromatic heterocycles. The Morgan fingerprint density at radius 3 is 1.97 bits per heavy atom. The van der Waals surface area contributed by atoms with Gasteiger partial charge in [0.2, 0.25) is 0 Å². The molecule has 0 aromatic rings. The molecule has 0 aromatic carbocycles. The summed E-state index contributed by atoms with van der Waals surface area (Å²) >= 11 is 0. The summed E-state index contributed by atoms with van der Waals surface area (Å²) < 4.78 is 0. The van der Waals surface area contributed by atoms with Gasteiger partial charge in [-0.25, -0.2) is 4.79 Å². The van der Waals surface area contributed by atoms with E-state index in [1.807, 2.05) is 0 Å². The Labute approximate surface area is 171 Å². The molecule has 1 rings (SSSR count). The maximum absolute atomic E-state index is 12.5. The maximum Gasteiger partial charge on any atom is 0.407 e. The highest BCUT2D eigenvalue weighted by molar-refractivity contribution is 6.24. The predicted molar refractivity (Wildman–Crippen MR) is 108 cm³/mol. The molecule has 29 heavy (non-hydrogen) atoms. The largest absolute Gasteiger partial charge is 0.465 e. The van der Waals surface area contributed by atoms with Gasteiger partial charge in [-0.2, -0.15) is 0 Å². The minimum absolute atomic E-state index is 0.0404. The number of aliphatic hydroxyl groups is 1. The number of rotatable bonds is 7. The van der Waals surface area contributed by atoms with Crippen molar-refractivity contribution in [2.45, 2.75) is 72.4 Å². The van der Waals surface area contributed by atoms with Gasteiger partial charge in [0.1, 0.15) is 5.60 Å². The van der Waals surface area contributed by atoms with E-state index in [2.05, 4.69) is 5.32 Å². The average molecular weight is 408 g/mol. The van der Waals surface area contributed by atoms with Gasteiger partial charge >= 0.3 is 6.09 Å². The standard InChI is InChI=1S/C21H32N2O6/c1-12-13(2)17(25)15(14(3)16(12)24)8-9-21(7,29)18(26)22-10-11-23(19(27)28)20(4,5)6/h29H,8-11H2,1-7H3,(H,22,26)(H,27,28). The fourth-order valence-electron chi connectivity index (χ4n) is 3.13. The summed E-state index contributed by atoms with van der Waals surface area (Å²) in [5.41, 5.74) is -0.928. The molecule has 0 saturated heterocycles. The molecule has 2 amide bonds. The summed E-state index contributed by atoms with van der Waals surface area (Å²) in [4.78, 5) is 49.6. The molecule has 1 unspecified atom stereocenters. The fourth-order valence-corrected chi connectivity index (χ4v) is 3.13. The maximum atomic E-state index is 12.5. The number of hydrogen-bond acceptors (Lipinski definition) is 5. The monoisotopic (exact) mass is 408 g/mol. The third-order valence-corrected chi connectivity index (χ3v) is 5.32. The first kappa shape index (κ1) is 24.6. The van der Waals surface area contributed by atoms with E-state index >= 15 is 0 Å². The Morgan fingerprint density at radius 2 is 1.48 bits per heavy atom. The highest BCUT2D eigenvalue weighted by Gasteiger charge is 2.34. The molecule has 8 heteroatoms. The number of nitrogens with one attached hydrogen (secondary N) is 1. The highest BCUT2D eigenvalue weighted by Crippen LogP contribution is 2.29. The van der Waals surface area contributed by atoms with Crippen molar-refractivity contribution in [2.24, 2.45) is 0 Å². The molecule has 0 bridgehead atoms. The molecule has 0 spiro atoms. The van der Waals surface area contributed by atoms with Crippen molar-refractivity contribution >= 4 is 23.6 Å². The van der Waals surface area contributed by atoms with Gasteiger partial charge < -0.3 is 20.4 Å². The van der Waals surface area contributed by atoms with Crippen LogP contribution in [0.2, 0.25) is 0 Å². The summed E-state index contributed by atoms with van der Waals surface area (Å²) in [6.45, 7) is 11.5. The van der Waals surface area contributed by atoms with Gasteiger partial charge in [0.25, 0.3) is 5.91 Å². The Bertz CT molecular complexity index is 783. The number of carbonyl (C=O) groups is 4. The number of ketones is 2. The second-order valence-corrected chi connectivity index (χ2v) is 8.65. The van der Waals surface area contributed by atoms with E-state index in [0.29, 0.717) is 22.3 Å². The summed E-state index contributed by atoms with van der Waals surface area (Å²) in [7, 11) is 0. The van der Waals surface area contributed by atoms with Crippen LogP contribution in [-0.2, 0) is 14.4 Å². The number of Topliss-reactive ketones (excluding diaryl/α,β-unsaturated/α-hetero) is 2. The van der Waals surface area contributed by atoms with Crippen LogP contribution >= 0.6 is 0 Å². The number of amides is 2. The molecule has 8 nitrogen and oxygen atoms in total. The molecular formula is C21H32N2O6. The van der Waals surface area contributed by atoms with Gasteiger partial charge in [0.05, 0.1) is 0 Å². The second kappa shape index (κ2) is 8.90. The Balaban J connectivity index is 2.73. The quantitative estimate of drug-likeness (QED) is 0.555. The molecule has 1 aliphatic rings. The zero-order valence-corrected chi connectivity index (χ0v) is 18.3.